The third-order valence-corrected chi connectivity index (χ3v) is 7.19. The Labute approximate surface area is 200 Å². The lowest BCUT2D eigenvalue weighted by Gasteiger charge is -2.27. The van der Waals surface area contributed by atoms with Crippen LogP contribution in [-0.2, 0) is 0 Å². The number of nitrogens with one attached hydrogen (secondary N) is 3. The first kappa shape index (κ1) is 22.7. The molecular formula is C26H35N7O. The van der Waals surface area contributed by atoms with E-state index in [0.717, 1.165) is 55.1 Å². The average Bonchev–Trinajstić information content (AvgIpc) is 3.34. The van der Waals surface area contributed by atoms with Crippen LogP contribution in [0.4, 0.5) is 17.2 Å². The van der Waals surface area contributed by atoms with Gasteiger partial charge in [0.25, 0.3) is 5.91 Å². The zero-order valence-corrected chi connectivity index (χ0v) is 19.7. The molecule has 1 aromatic carbocycles. The Hall–Kier alpha value is -3.13. The largest absolute Gasteiger partial charge is 0.366 e. The number of carbonyl (C=O) groups excluding carboxylic acids is 1. The molecule has 0 aliphatic heterocycles. The van der Waals surface area contributed by atoms with Crippen molar-refractivity contribution in [2.24, 2.45) is 11.7 Å². The third-order valence-electron chi connectivity index (χ3n) is 7.19. The van der Waals surface area contributed by atoms with E-state index in [1.165, 1.54) is 32.1 Å². The number of anilines is 3. The molecular weight excluding hydrogens is 426 g/mol. The second-order valence-corrected chi connectivity index (χ2v) is 9.81. The van der Waals surface area contributed by atoms with E-state index in [2.05, 4.69) is 26.0 Å². The molecule has 8 heteroatoms. The van der Waals surface area contributed by atoms with E-state index < -0.39 is 0 Å². The molecule has 0 spiro atoms. The second-order valence-electron chi connectivity index (χ2n) is 9.81. The Bertz CT molecular complexity index is 1100. The number of imidazole rings is 1. The normalized spacial score (nSPS) is 21.3. The Morgan fingerprint density at radius 2 is 1.79 bits per heavy atom. The number of nitrogens with zero attached hydrogens (tertiary/aromatic N) is 3. The maximum atomic E-state index is 12.6. The maximum absolute atomic E-state index is 12.6. The number of benzene rings is 1. The van der Waals surface area contributed by atoms with Gasteiger partial charge >= 0.3 is 0 Å². The van der Waals surface area contributed by atoms with Gasteiger partial charge in [0.2, 0.25) is 0 Å². The Balaban J connectivity index is 1.24. The van der Waals surface area contributed by atoms with Gasteiger partial charge in [-0.05, 0) is 68.7 Å². The lowest BCUT2D eigenvalue weighted by atomic mass is 9.89. The van der Waals surface area contributed by atoms with Gasteiger partial charge in [0.1, 0.15) is 5.82 Å². The van der Waals surface area contributed by atoms with Gasteiger partial charge in [-0.25, -0.2) is 9.50 Å². The maximum Gasteiger partial charge on any atom is 0.251 e. The molecule has 0 saturated heterocycles. The highest BCUT2D eigenvalue weighted by Gasteiger charge is 2.19. The average molecular weight is 462 g/mol. The second kappa shape index (κ2) is 10.4. The number of carbonyl (C=O) groups is 1. The Kier molecular flexibility index (Phi) is 6.94. The first-order chi connectivity index (χ1) is 16.6. The predicted octanol–water partition coefficient (Wildman–Crippen LogP) is 4.46. The fourth-order valence-electron chi connectivity index (χ4n) is 5.14. The summed E-state index contributed by atoms with van der Waals surface area (Å²) < 4.78 is 1.78. The van der Waals surface area contributed by atoms with Crippen molar-refractivity contribution in [3.8, 4) is 0 Å². The van der Waals surface area contributed by atoms with E-state index in [1.54, 1.807) is 10.7 Å². The molecule has 0 atom stereocenters. The summed E-state index contributed by atoms with van der Waals surface area (Å²) in [6.07, 6.45) is 14.1. The van der Waals surface area contributed by atoms with Crippen LogP contribution in [0.5, 0.6) is 0 Å². The van der Waals surface area contributed by atoms with Crippen LogP contribution in [0.3, 0.4) is 0 Å². The van der Waals surface area contributed by atoms with Gasteiger partial charge in [0.05, 0.1) is 5.69 Å². The number of hydrogen-bond acceptors (Lipinski definition) is 6. The molecule has 2 heterocycles. The van der Waals surface area contributed by atoms with Gasteiger partial charge in [-0.1, -0.05) is 19.3 Å². The minimum Gasteiger partial charge on any atom is -0.366 e. The summed E-state index contributed by atoms with van der Waals surface area (Å²) in [7, 11) is 0. The monoisotopic (exact) mass is 461 g/mol. The highest BCUT2D eigenvalue weighted by Crippen LogP contribution is 2.26. The van der Waals surface area contributed by atoms with Crippen molar-refractivity contribution < 1.29 is 4.79 Å². The smallest absolute Gasteiger partial charge is 0.251 e. The van der Waals surface area contributed by atoms with Crippen molar-refractivity contribution in [3.05, 3.63) is 48.3 Å². The van der Waals surface area contributed by atoms with Crippen LogP contribution < -0.4 is 21.7 Å². The van der Waals surface area contributed by atoms with E-state index >= 15 is 0 Å². The first-order valence-corrected chi connectivity index (χ1v) is 12.7. The molecule has 2 fully saturated rings. The van der Waals surface area contributed by atoms with Crippen molar-refractivity contribution in [1.29, 1.82) is 0 Å². The molecule has 2 aliphatic carbocycles. The molecule has 34 heavy (non-hydrogen) atoms. The number of amides is 1. The molecule has 0 unspecified atom stereocenters. The zero-order valence-electron chi connectivity index (χ0n) is 19.7. The lowest BCUT2D eigenvalue weighted by Crippen LogP contribution is -2.33. The molecule has 2 saturated carbocycles. The van der Waals surface area contributed by atoms with Gasteiger partial charge in [-0.3, -0.25) is 4.79 Å². The third kappa shape index (κ3) is 5.50. The highest BCUT2D eigenvalue weighted by molar-refractivity contribution is 5.94. The Morgan fingerprint density at radius 1 is 1.03 bits per heavy atom. The molecule has 5 rings (SSSR count). The number of hydrogen-bond donors (Lipinski definition) is 4. The van der Waals surface area contributed by atoms with Gasteiger partial charge in [0.15, 0.2) is 5.65 Å². The van der Waals surface area contributed by atoms with Crippen molar-refractivity contribution in [2.75, 3.05) is 17.2 Å². The van der Waals surface area contributed by atoms with E-state index in [-0.39, 0.29) is 5.91 Å². The molecule has 1 amide bonds. The molecule has 8 nitrogen and oxygen atoms in total. The van der Waals surface area contributed by atoms with Gasteiger partial charge < -0.3 is 21.7 Å². The molecule has 180 valence electrons. The summed E-state index contributed by atoms with van der Waals surface area (Å²) in [6.45, 7) is 0.774. The molecule has 3 aromatic rings. The highest BCUT2D eigenvalue weighted by atomic mass is 16.1. The molecule has 2 aliphatic rings. The van der Waals surface area contributed by atoms with Crippen molar-refractivity contribution in [2.45, 2.75) is 69.9 Å². The SMILES string of the molecule is N[C@H]1CC[C@H](Nc2cc(Nc3ccc(C(=O)NCC4CCCCC4)cc3)c3nccn3n2)CC1. The summed E-state index contributed by atoms with van der Waals surface area (Å²) in [5.41, 5.74) is 9.25. The summed E-state index contributed by atoms with van der Waals surface area (Å²) in [5, 5.41) is 14.8. The fraction of sp³-hybridized carbons (Fsp3) is 0.500. The standard InChI is InChI=1S/C26H35N7O/c27-20-8-12-22(13-9-20)31-24-16-23(25-28-14-15-33(25)32-24)30-21-10-6-19(7-11-21)26(34)29-17-18-4-2-1-3-5-18/h6-7,10-11,14-16,18,20,22,30H,1-5,8-9,12-13,17,27H2,(H,29,34)(H,31,32)/t20-,22-. The van der Waals surface area contributed by atoms with Crippen LogP contribution in [0.2, 0.25) is 0 Å². The summed E-state index contributed by atoms with van der Waals surface area (Å²) in [5.74, 6) is 1.43. The predicted molar refractivity (Wildman–Crippen MR) is 135 cm³/mol. The van der Waals surface area contributed by atoms with Crippen LogP contribution in [0.25, 0.3) is 5.65 Å². The van der Waals surface area contributed by atoms with E-state index in [1.807, 2.05) is 36.5 Å². The number of aromatic nitrogens is 3. The number of rotatable bonds is 7. The molecule has 5 N–H and O–H groups in total. The van der Waals surface area contributed by atoms with Gasteiger partial charge in [0, 0.05) is 48.3 Å². The first-order valence-electron chi connectivity index (χ1n) is 12.7. The minimum atomic E-state index is -0.00429. The van der Waals surface area contributed by atoms with E-state index in [9.17, 15) is 4.79 Å². The zero-order chi connectivity index (χ0) is 23.3. The van der Waals surface area contributed by atoms with E-state index in [0.29, 0.717) is 23.6 Å². The fourth-order valence-corrected chi connectivity index (χ4v) is 5.14. The topological polar surface area (TPSA) is 109 Å². The van der Waals surface area contributed by atoms with Crippen molar-refractivity contribution >= 4 is 28.7 Å². The van der Waals surface area contributed by atoms with Crippen LogP contribution in [-0.4, -0.2) is 39.1 Å². The molecule has 0 radical (unpaired) electrons. The van der Waals surface area contributed by atoms with Crippen LogP contribution in [0.15, 0.2) is 42.7 Å². The summed E-state index contributed by atoms with van der Waals surface area (Å²) in [6, 6.07) is 10.3. The van der Waals surface area contributed by atoms with Crippen molar-refractivity contribution in [1.82, 2.24) is 19.9 Å². The van der Waals surface area contributed by atoms with Crippen LogP contribution in [0, 0.1) is 5.92 Å². The number of nitrogens with two attached hydrogens (primary N) is 1. The van der Waals surface area contributed by atoms with Gasteiger partial charge in [-0.15, -0.1) is 5.10 Å². The van der Waals surface area contributed by atoms with Crippen LogP contribution >= 0.6 is 0 Å². The lowest BCUT2D eigenvalue weighted by molar-refractivity contribution is 0.0943. The van der Waals surface area contributed by atoms with Crippen LogP contribution in [0.1, 0.15) is 68.1 Å². The number of fused-ring (bicyclic) bond motifs is 1. The Morgan fingerprint density at radius 3 is 2.56 bits per heavy atom. The molecule has 2 aromatic heterocycles. The minimum absolute atomic E-state index is 0.00429. The van der Waals surface area contributed by atoms with Gasteiger partial charge in [-0.2, -0.15) is 0 Å². The van der Waals surface area contributed by atoms with E-state index in [4.69, 9.17) is 5.73 Å². The molecule has 0 bridgehead atoms. The summed E-state index contributed by atoms with van der Waals surface area (Å²) in [4.78, 5) is 17.0. The summed E-state index contributed by atoms with van der Waals surface area (Å²) >= 11 is 0. The quantitative estimate of drug-likeness (QED) is 0.413. The van der Waals surface area contributed by atoms with Crippen molar-refractivity contribution in [3.63, 3.8) is 0 Å².